The molecule has 0 aliphatic rings. The molecule has 1 rings (SSSR count). The van der Waals surface area contributed by atoms with Crippen molar-refractivity contribution >= 4 is 11.7 Å². The summed E-state index contributed by atoms with van der Waals surface area (Å²) in [5.74, 6) is -0.228. The molecule has 0 bridgehead atoms. The van der Waals surface area contributed by atoms with Crippen LogP contribution in [0.5, 0.6) is 11.5 Å². The van der Waals surface area contributed by atoms with Crippen LogP contribution >= 0.6 is 0 Å². The minimum absolute atomic E-state index is 0.0338. The number of nitrogens with two attached hydrogens (primary N) is 1. The van der Waals surface area contributed by atoms with Crippen LogP contribution in [-0.4, -0.2) is 25.3 Å². The lowest BCUT2D eigenvalue weighted by molar-refractivity contribution is 0.0696. The molecule has 0 fully saturated rings. The lowest BCUT2D eigenvalue weighted by Crippen LogP contribution is -2.11. The quantitative estimate of drug-likeness (QED) is 0.786. The molecule has 94 valence electrons. The molecule has 1 aromatic rings. The van der Waals surface area contributed by atoms with Gasteiger partial charge in [0.15, 0.2) is 11.5 Å². The van der Waals surface area contributed by atoms with E-state index in [1.165, 1.54) is 20.3 Å². The van der Waals surface area contributed by atoms with Gasteiger partial charge in [0.2, 0.25) is 0 Å². The van der Waals surface area contributed by atoms with Gasteiger partial charge in [0.05, 0.1) is 25.5 Å². The molecule has 0 heterocycles. The number of carboxylic acid groups (broad SMARTS) is 1. The van der Waals surface area contributed by atoms with E-state index in [1.54, 1.807) is 0 Å². The number of aromatic carboxylic acids is 1. The summed E-state index contributed by atoms with van der Waals surface area (Å²) in [6, 6.07) is 1.47. The van der Waals surface area contributed by atoms with Gasteiger partial charge in [-0.2, -0.15) is 0 Å². The van der Waals surface area contributed by atoms with Gasteiger partial charge in [-0.15, -0.1) is 0 Å². The van der Waals surface area contributed by atoms with E-state index in [2.05, 4.69) is 0 Å². The van der Waals surface area contributed by atoms with E-state index >= 15 is 0 Å². The summed E-state index contributed by atoms with van der Waals surface area (Å²) in [4.78, 5) is 11.2. The average Bonchev–Trinajstić information content (AvgIpc) is 2.26. The summed E-state index contributed by atoms with van der Waals surface area (Å²) >= 11 is 0. The molecule has 0 aliphatic heterocycles. The Morgan fingerprint density at radius 2 is 1.94 bits per heavy atom. The molecule has 0 aliphatic carbocycles. The van der Waals surface area contributed by atoms with E-state index in [0.29, 0.717) is 17.1 Å². The van der Waals surface area contributed by atoms with E-state index in [4.69, 9.17) is 15.2 Å². The number of nitrogen functional groups attached to an aromatic ring is 1. The lowest BCUT2D eigenvalue weighted by atomic mass is 9.94. The van der Waals surface area contributed by atoms with Crippen molar-refractivity contribution in [1.82, 2.24) is 0 Å². The monoisotopic (exact) mass is 239 g/mol. The first-order valence-corrected chi connectivity index (χ1v) is 5.21. The van der Waals surface area contributed by atoms with Gasteiger partial charge in [-0.1, -0.05) is 13.8 Å². The molecule has 3 N–H and O–H groups in total. The Hall–Kier alpha value is -1.91. The van der Waals surface area contributed by atoms with Crippen LogP contribution in [0.1, 0.15) is 35.7 Å². The molecule has 0 unspecified atom stereocenters. The number of anilines is 1. The smallest absolute Gasteiger partial charge is 0.338 e. The zero-order chi connectivity index (χ0) is 13.2. The zero-order valence-electron chi connectivity index (χ0n) is 10.4. The van der Waals surface area contributed by atoms with Crippen LogP contribution in [0.3, 0.4) is 0 Å². The largest absolute Gasteiger partial charge is 0.493 e. The second-order valence-corrected chi connectivity index (χ2v) is 3.95. The van der Waals surface area contributed by atoms with Crippen LogP contribution in [0.2, 0.25) is 0 Å². The Morgan fingerprint density at radius 3 is 2.29 bits per heavy atom. The molecule has 17 heavy (non-hydrogen) atoms. The number of hydrogen-bond donors (Lipinski definition) is 2. The second kappa shape index (κ2) is 4.95. The van der Waals surface area contributed by atoms with Crippen molar-refractivity contribution in [3.8, 4) is 11.5 Å². The molecule has 1 aromatic carbocycles. The Kier molecular flexibility index (Phi) is 3.83. The minimum atomic E-state index is -1.06. The van der Waals surface area contributed by atoms with E-state index < -0.39 is 5.97 Å². The fourth-order valence-electron chi connectivity index (χ4n) is 1.83. The predicted octanol–water partition coefficient (Wildman–Crippen LogP) is 2.11. The number of methoxy groups -OCH3 is 2. The van der Waals surface area contributed by atoms with Crippen LogP contribution < -0.4 is 15.2 Å². The SMILES string of the molecule is COc1cc(N)c(C(=O)O)c(C(C)C)c1OC. The average molecular weight is 239 g/mol. The van der Waals surface area contributed by atoms with E-state index in [9.17, 15) is 9.90 Å². The Bertz CT molecular complexity index is 441. The number of carboxylic acids is 1. The van der Waals surface area contributed by atoms with Gasteiger partial charge in [-0.3, -0.25) is 0 Å². The first-order valence-electron chi connectivity index (χ1n) is 5.21. The Labute approximate surface area is 100 Å². The van der Waals surface area contributed by atoms with Crippen molar-refractivity contribution in [2.45, 2.75) is 19.8 Å². The normalized spacial score (nSPS) is 10.4. The molecular weight excluding hydrogens is 222 g/mol. The van der Waals surface area contributed by atoms with Crippen LogP contribution in [-0.2, 0) is 0 Å². The molecular formula is C12H17NO4. The highest BCUT2D eigenvalue weighted by Crippen LogP contribution is 2.41. The molecule has 0 atom stereocenters. The van der Waals surface area contributed by atoms with Crippen molar-refractivity contribution < 1.29 is 19.4 Å². The summed E-state index contributed by atoms with van der Waals surface area (Å²) in [6.07, 6.45) is 0. The van der Waals surface area contributed by atoms with Gasteiger partial charge >= 0.3 is 5.97 Å². The van der Waals surface area contributed by atoms with Crippen molar-refractivity contribution in [2.75, 3.05) is 20.0 Å². The molecule has 0 aromatic heterocycles. The molecule has 5 heteroatoms. The van der Waals surface area contributed by atoms with Gasteiger partial charge in [0.1, 0.15) is 0 Å². The van der Waals surface area contributed by atoms with Gasteiger partial charge in [0, 0.05) is 11.6 Å². The Morgan fingerprint density at radius 1 is 1.35 bits per heavy atom. The van der Waals surface area contributed by atoms with Crippen LogP contribution in [0.4, 0.5) is 5.69 Å². The number of carbonyl (C=O) groups is 1. The van der Waals surface area contributed by atoms with E-state index in [-0.39, 0.29) is 17.2 Å². The zero-order valence-corrected chi connectivity index (χ0v) is 10.4. The topological polar surface area (TPSA) is 81.8 Å². The third-order valence-electron chi connectivity index (χ3n) is 2.53. The van der Waals surface area contributed by atoms with Crippen molar-refractivity contribution in [3.05, 3.63) is 17.2 Å². The van der Waals surface area contributed by atoms with Gasteiger partial charge in [-0.05, 0) is 5.92 Å². The fourth-order valence-corrected chi connectivity index (χ4v) is 1.83. The highest BCUT2D eigenvalue weighted by Gasteiger charge is 2.24. The van der Waals surface area contributed by atoms with E-state index in [0.717, 1.165) is 0 Å². The number of ether oxygens (including phenoxy) is 2. The summed E-state index contributed by atoms with van der Waals surface area (Å²) in [5, 5.41) is 9.20. The number of rotatable bonds is 4. The second-order valence-electron chi connectivity index (χ2n) is 3.95. The minimum Gasteiger partial charge on any atom is -0.493 e. The van der Waals surface area contributed by atoms with Crippen molar-refractivity contribution in [1.29, 1.82) is 0 Å². The summed E-state index contributed by atoms with van der Waals surface area (Å²) in [7, 11) is 2.97. The molecule has 0 saturated heterocycles. The van der Waals surface area contributed by atoms with Gasteiger partial charge < -0.3 is 20.3 Å². The molecule has 0 amide bonds. The van der Waals surface area contributed by atoms with Gasteiger partial charge in [0.25, 0.3) is 0 Å². The lowest BCUT2D eigenvalue weighted by Gasteiger charge is -2.19. The summed E-state index contributed by atoms with van der Waals surface area (Å²) in [5.41, 5.74) is 6.56. The predicted molar refractivity (Wildman–Crippen MR) is 65.0 cm³/mol. The van der Waals surface area contributed by atoms with Crippen LogP contribution in [0.25, 0.3) is 0 Å². The maximum atomic E-state index is 11.2. The summed E-state index contributed by atoms with van der Waals surface area (Å²) in [6.45, 7) is 3.76. The summed E-state index contributed by atoms with van der Waals surface area (Å²) < 4.78 is 10.4. The first-order chi connectivity index (χ1) is 7.93. The standard InChI is InChI=1S/C12H17NO4/c1-6(2)9-10(12(14)15)7(13)5-8(16-3)11(9)17-4/h5-6H,13H2,1-4H3,(H,14,15). The van der Waals surface area contributed by atoms with Crippen LogP contribution in [0.15, 0.2) is 6.07 Å². The molecule has 0 radical (unpaired) electrons. The Balaban J connectivity index is 3.67. The first kappa shape index (κ1) is 13.2. The number of hydrogen-bond acceptors (Lipinski definition) is 4. The molecule has 0 spiro atoms. The maximum absolute atomic E-state index is 11.2. The number of benzene rings is 1. The van der Waals surface area contributed by atoms with Crippen LogP contribution in [0, 0.1) is 0 Å². The third kappa shape index (κ3) is 2.27. The highest BCUT2D eigenvalue weighted by atomic mass is 16.5. The molecule has 0 saturated carbocycles. The van der Waals surface area contributed by atoms with Crippen molar-refractivity contribution in [2.24, 2.45) is 0 Å². The molecule has 5 nitrogen and oxygen atoms in total. The fraction of sp³-hybridized carbons (Fsp3) is 0.417. The third-order valence-corrected chi connectivity index (χ3v) is 2.53. The van der Waals surface area contributed by atoms with Gasteiger partial charge in [-0.25, -0.2) is 4.79 Å². The maximum Gasteiger partial charge on any atom is 0.338 e. The highest BCUT2D eigenvalue weighted by molar-refractivity contribution is 5.97. The van der Waals surface area contributed by atoms with Crippen molar-refractivity contribution in [3.63, 3.8) is 0 Å². The van der Waals surface area contributed by atoms with E-state index in [1.807, 2.05) is 13.8 Å².